The molecule has 0 saturated carbocycles. The average molecular weight is 604 g/mol. The predicted molar refractivity (Wildman–Crippen MR) is 163 cm³/mol. The maximum absolute atomic E-state index is 12.2. The van der Waals surface area contributed by atoms with Crippen LogP contribution >= 0.6 is 0 Å². The molecule has 2 aromatic carbocycles. The van der Waals surface area contributed by atoms with Gasteiger partial charge in [-0.05, 0) is 36.8 Å². The average Bonchev–Trinajstić information content (AvgIpc) is 3.50. The summed E-state index contributed by atoms with van der Waals surface area (Å²) < 4.78 is 13.2. The van der Waals surface area contributed by atoms with Gasteiger partial charge in [-0.1, -0.05) is 12.2 Å². The summed E-state index contributed by atoms with van der Waals surface area (Å²) in [7, 11) is 0. The molecule has 2 amide bonds. The molecule has 0 aliphatic carbocycles. The van der Waals surface area contributed by atoms with Gasteiger partial charge in [0.2, 0.25) is 23.6 Å². The van der Waals surface area contributed by atoms with Crippen molar-refractivity contribution in [2.75, 3.05) is 43.5 Å². The van der Waals surface area contributed by atoms with Crippen LogP contribution in [0.25, 0.3) is 11.0 Å². The lowest BCUT2D eigenvalue weighted by Gasteiger charge is -2.27. The number of hydrogen-bond donors (Lipinski definition) is 4. The van der Waals surface area contributed by atoms with Gasteiger partial charge in [-0.15, -0.1) is 0 Å². The summed E-state index contributed by atoms with van der Waals surface area (Å²) in [6.07, 6.45) is 3.71. The van der Waals surface area contributed by atoms with Crippen molar-refractivity contribution in [2.45, 2.75) is 26.9 Å². The van der Waals surface area contributed by atoms with Crippen molar-refractivity contribution in [3.05, 3.63) is 80.9 Å². The molecular weight excluding hydrogens is 570 g/mol. The third-order valence-corrected chi connectivity index (χ3v) is 7.18. The summed E-state index contributed by atoms with van der Waals surface area (Å²) in [5.74, 6) is 0.120. The van der Waals surface area contributed by atoms with Gasteiger partial charge in [-0.2, -0.15) is 0 Å². The lowest BCUT2D eigenvalue weighted by Crippen LogP contribution is -2.35. The largest absolute Gasteiger partial charge is 0.425 e. The second kappa shape index (κ2) is 12.9. The lowest BCUT2D eigenvalue weighted by molar-refractivity contribution is -0.384. The summed E-state index contributed by atoms with van der Waals surface area (Å²) in [6.45, 7) is 7.49. The number of nitro benzene ring substituents is 1. The smallest absolute Gasteiger partial charge is 0.293 e. The lowest BCUT2D eigenvalue weighted by atomic mass is 10.1. The highest BCUT2D eigenvalue weighted by atomic mass is 16.6. The number of imidazole rings is 1. The van der Waals surface area contributed by atoms with Gasteiger partial charge in [-0.25, -0.2) is 9.97 Å². The second-order valence-corrected chi connectivity index (χ2v) is 10.3. The Labute approximate surface area is 252 Å². The van der Waals surface area contributed by atoms with Gasteiger partial charge in [0.25, 0.3) is 5.69 Å². The van der Waals surface area contributed by atoms with Crippen LogP contribution in [0.5, 0.6) is 0 Å². The summed E-state index contributed by atoms with van der Waals surface area (Å²) >= 11 is 0. The van der Waals surface area contributed by atoms with Crippen molar-refractivity contribution >= 4 is 46.1 Å². The molecule has 6 N–H and O–H groups in total. The third kappa shape index (κ3) is 6.68. The molecule has 2 aromatic heterocycles. The van der Waals surface area contributed by atoms with Crippen molar-refractivity contribution in [3.8, 4) is 0 Å². The zero-order valence-electron chi connectivity index (χ0n) is 24.3. The van der Waals surface area contributed by atoms with Gasteiger partial charge in [0.05, 0.1) is 29.2 Å². The van der Waals surface area contributed by atoms with E-state index in [1.807, 2.05) is 23.6 Å². The van der Waals surface area contributed by atoms with E-state index in [9.17, 15) is 19.7 Å². The molecular formula is C29H33N9O6. The van der Waals surface area contributed by atoms with Gasteiger partial charge in [0.15, 0.2) is 5.89 Å². The van der Waals surface area contributed by atoms with E-state index in [0.29, 0.717) is 60.8 Å². The van der Waals surface area contributed by atoms with Crippen LogP contribution in [-0.2, 0) is 17.8 Å². The van der Waals surface area contributed by atoms with Gasteiger partial charge >= 0.3 is 0 Å². The highest BCUT2D eigenvalue weighted by Crippen LogP contribution is 2.30. The number of nitrogens with one attached hydrogen (secondary N) is 2. The van der Waals surface area contributed by atoms with Crippen molar-refractivity contribution in [3.63, 3.8) is 0 Å². The van der Waals surface area contributed by atoms with Crippen LogP contribution in [0, 0.1) is 24.0 Å². The number of fused-ring (bicyclic) bond motifs is 1. The van der Waals surface area contributed by atoms with Crippen LogP contribution < -0.4 is 22.1 Å². The minimum Gasteiger partial charge on any atom is -0.425 e. The normalized spacial score (nSPS) is 13.9. The number of aromatic nitrogens is 3. The maximum atomic E-state index is 12.2. The number of hydrogen-bond acceptors (Lipinski definition) is 11. The van der Waals surface area contributed by atoms with Crippen molar-refractivity contribution in [1.29, 1.82) is 0 Å². The number of oxazole rings is 1. The van der Waals surface area contributed by atoms with Crippen LogP contribution in [0.15, 0.2) is 46.9 Å². The Morgan fingerprint density at radius 3 is 2.48 bits per heavy atom. The molecule has 0 radical (unpaired) electrons. The van der Waals surface area contributed by atoms with E-state index in [0.717, 1.165) is 30.2 Å². The zero-order chi connectivity index (χ0) is 31.4. The van der Waals surface area contributed by atoms with E-state index in [2.05, 4.69) is 20.5 Å². The topological polar surface area (TPSA) is 210 Å². The van der Waals surface area contributed by atoms with Gasteiger partial charge in [-0.3, -0.25) is 29.9 Å². The van der Waals surface area contributed by atoms with Crippen molar-refractivity contribution < 1.29 is 23.7 Å². The Morgan fingerprint density at radius 1 is 1.07 bits per heavy atom. The number of primary amides is 2. The Kier molecular flexibility index (Phi) is 8.87. The number of nitrogens with two attached hydrogens (primary N) is 2. The molecule has 1 fully saturated rings. The third-order valence-electron chi connectivity index (χ3n) is 7.18. The van der Waals surface area contributed by atoms with Crippen molar-refractivity contribution in [1.82, 2.24) is 19.4 Å². The minimum atomic E-state index is -0.747. The number of nitro groups is 1. The van der Waals surface area contributed by atoms with Crippen LogP contribution in [0.3, 0.4) is 0 Å². The van der Waals surface area contributed by atoms with E-state index in [1.165, 1.54) is 12.1 Å². The Hall–Kier alpha value is -5.28. The van der Waals surface area contributed by atoms with E-state index in [4.69, 9.17) is 25.6 Å². The van der Waals surface area contributed by atoms with Crippen LogP contribution in [0.4, 0.5) is 23.2 Å². The highest BCUT2D eigenvalue weighted by Gasteiger charge is 2.21. The molecule has 1 saturated heterocycles. The molecule has 5 rings (SSSR count). The molecule has 230 valence electrons. The standard InChI is InChI=1S/C29H33N9O6/c1-17-28(44-18(2)33-17)35-29-34-23-14-20(27(31)40)13-21(16-36-9-11-43-12-10-36)25(23)37(29)8-4-3-7-32-22-6-5-19(26(30)39)15-24(22)38(41)42/h3-6,13-15,32H,7-12,16H2,1-2H3,(H2,30,39)(H2,31,40)(H,34,35)/b4-3+. The molecule has 0 unspecified atom stereocenters. The van der Waals surface area contributed by atoms with Crippen LogP contribution in [0.2, 0.25) is 0 Å². The van der Waals surface area contributed by atoms with Gasteiger partial charge in [0.1, 0.15) is 11.4 Å². The monoisotopic (exact) mass is 603 g/mol. The first kappa shape index (κ1) is 30.2. The van der Waals surface area contributed by atoms with Crippen molar-refractivity contribution in [2.24, 2.45) is 11.5 Å². The first-order chi connectivity index (χ1) is 21.1. The predicted octanol–water partition coefficient (Wildman–Crippen LogP) is 2.99. The number of ether oxygens (including phenoxy) is 1. The number of benzene rings is 2. The fourth-order valence-corrected chi connectivity index (χ4v) is 5.06. The minimum absolute atomic E-state index is 0.0503. The molecule has 4 aromatic rings. The SMILES string of the molecule is Cc1nc(C)c(Nc2nc3cc(C(N)=O)cc(CN4CCOCC4)c3n2C/C=C/CNc2ccc(C(N)=O)cc2[N+](=O)[O-])o1. The number of allylic oxidation sites excluding steroid dienone is 1. The van der Waals surface area contributed by atoms with E-state index >= 15 is 0 Å². The van der Waals surface area contributed by atoms with E-state index in [-0.39, 0.29) is 23.5 Å². The maximum Gasteiger partial charge on any atom is 0.293 e. The fraction of sp³-hybridized carbons (Fsp3) is 0.310. The molecule has 0 atom stereocenters. The number of morpholine rings is 1. The summed E-state index contributed by atoms with van der Waals surface area (Å²) in [4.78, 5) is 46.0. The molecule has 1 aliphatic rings. The Balaban J connectivity index is 1.46. The number of carbonyl (C=O) groups is 2. The summed E-state index contributed by atoms with van der Waals surface area (Å²) in [5, 5.41) is 17.8. The van der Waals surface area contributed by atoms with Gasteiger partial charge in [0, 0.05) is 56.8 Å². The number of anilines is 3. The molecule has 0 bridgehead atoms. The number of carbonyl (C=O) groups excluding carboxylic acids is 2. The number of aryl methyl sites for hydroxylation is 2. The Morgan fingerprint density at radius 2 is 1.82 bits per heavy atom. The first-order valence-corrected chi connectivity index (χ1v) is 13.9. The summed E-state index contributed by atoms with van der Waals surface area (Å²) in [5.41, 5.74) is 14.3. The molecule has 0 spiro atoms. The van der Waals surface area contributed by atoms with Gasteiger partial charge < -0.3 is 30.5 Å². The highest BCUT2D eigenvalue weighted by molar-refractivity contribution is 5.98. The molecule has 3 heterocycles. The number of rotatable bonds is 12. The van der Waals surface area contributed by atoms with Crippen LogP contribution in [-0.4, -0.2) is 69.0 Å². The molecule has 15 heteroatoms. The molecule has 15 nitrogen and oxygen atoms in total. The molecule has 1 aliphatic heterocycles. The fourth-order valence-electron chi connectivity index (χ4n) is 5.06. The first-order valence-electron chi connectivity index (χ1n) is 13.9. The van der Waals surface area contributed by atoms with E-state index < -0.39 is 16.7 Å². The van der Waals surface area contributed by atoms with E-state index in [1.54, 1.807) is 19.1 Å². The Bertz CT molecular complexity index is 1750. The second-order valence-electron chi connectivity index (χ2n) is 10.3. The molecule has 44 heavy (non-hydrogen) atoms. The quantitative estimate of drug-likeness (QED) is 0.105. The number of nitrogens with zero attached hydrogens (tertiary/aromatic N) is 5. The summed E-state index contributed by atoms with van der Waals surface area (Å²) in [6, 6.07) is 7.49. The van der Waals surface area contributed by atoms with Crippen LogP contribution in [0.1, 0.15) is 37.9 Å². The zero-order valence-corrected chi connectivity index (χ0v) is 24.3. The number of amides is 2.